The van der Waals surface area contributed by atoms with E-state index < -0.39 is 0 Å². The van der Waals surface area contributed by atoms with Gasteiger partial charge in [-0.3, -0.25) is 0 Å². The Labute approximate surface area is 93.2 Å². The highest BCUT2D eigenvalue weighted by Gasteiger charge is 2.21. The van der Waals surface area contributed by atoms with Crippen molar-refractivity contribution in [2.24, 2.45) is 5.92 Å². The molecule has 3 nitrogen and oxygen atoms in total. The maximum Gasteiger partial charge on any atom is 0.0593 e. The third-order valence-electron chi connectivity index (χ3n) is 3.36. The lowest BCUT2D eigenvalue weighted by atomic mass is 10.2. The Balaban J connectivity index is 1.45. The highest BCUT2D eigenvalue weighted by Crippen LogP contribution is 2.28. The summed E-state index contributed by atoms with van der Waals surface area (Å²) in [4.78, 5) is 2.38. The molecule has 0 spiro atoms. The summed E-state index contributed by atoms with van der Waals surface area (Å²) in [6.45, 7) is 5.35. The average Bonchev–Trinajstić information content (AvgIpc) is 2.91. The van der Waals surface area contributed by atoms with Gasteiger partial charge >= 0.3 is 0 Å². The molecule has 0 aromatic rings. The van der Waals surface area contributed by atoms with E-state index >= 15 is 0 Å². The predicted octanol–water partition coefficient (Wildman–Crippen LogP) is 1.10. The van der Waals surface area contributed by atoms with Crippen molar-refractivity contribution in [3.05, 3.63) is 0 Å². The molecule has 1 N–H and O–H groups in total. The second kappa shape index (κ2) is 5.83. The Morgan fingerprint density at radius 2 is 2.20 bits per heavy atom. The number of nitrogens with zero attached hydrogens (tertiary/aromatic N) is 1. The van der Waals surface area contributed by atoms with E-state index in [0.717, 1.165) is 31.7 Å². The van der Waals surface area contributed by atoms with Gasteiger partial charge in [-0.2, -0.15) is 0 Å². The summed E-state index contributed by atoms with van der Waals surface area (Å²) in [5, 5.41) is 3.52. The number of nitrogens with one attached hydrogen (secondary N) is 1. The van der Waals surface area contributed by atoms with Crippen LogP contribution in [0.25, 0.3) is 0 Å². The van der Waals surface area contributed by atoms with Crippen molar-refractivity contribution in [1.29, 1.82) is 0 Å². The second-order valence-electron chi connectivity index (χ2n) is 5.07. The molecule has 1 unspecified atom stereocenters. The lowest BCUT2D eigenvalue weighted by Crippen LogP contribution is -2.36. The fourth-order valence-corrected chi connectivity index (χ4v) is 2.13. The van der Waals surface area contributed by atoms with Crippen molar-refractivity contribution in [2.45, 2.75) is 31.7 Å². The molecule has 1 saturated heterocycles. The largest absolute Gasteiger partial charge is 0.380 e. The Morgan fingerprint density at radius 1 is 1.33 bits per heavy atom. The molecule has 1 saturated carbocycles. The maximum absolute atomic E-state index is 5.63. The molecule has 0 radical (unpaired) electrons. The van der Waals surface area contributed by atoms with Gasteiger partial charge in [0.2, 0.25) is 0 Å². The molecule has 2 fully saturated rings. The van der Waals surface area contributed by atoms with Gasteiger partial charge in [0.05, 0.1) is 6.61 Å². The van der Waals surface area contributed by atoms with Crippen LogP contribution in [0.15, 0.2) is 0 Å². The zero-order valence-electron chi connectivity index (χ0n) is 9.87. The molecule has 2 aliphatic rings. The number of ether oxygens (including phenoxy) is 1. The molecule has 3 heteroatoms. The van der Waals surface area contributed by atoms with E-state index in [9.17, 15) is 0 Å². The number of likely N-dealkylation sites (N-methyl/N-ethyl adjacent to an activating group) is 1. The molecule has 0 aromatic carbocycles. The van der Waals surface area contributed by atoms with Crippen LogP contribution < -0.4 is 5.32 Å². The first-order chi connectivity index (χ1) is 7.34. The first-order valence-corrected chi connectivity index (χ1v) is 6.34. The third kappa shape index (κ3) is 4.49. The first kappa shape index (κ1) is 11.4. The zero-order chi connectivity index (χ0) is 10.5. The summed E-state index contributed by atoms with van der Waals surface area (Å²) in [6.07, 6.45) is 5.47. The van der Waals surface area contributed by atoms with Crippen LogP contribution in [0.4, 0.5) is 0 Å². The Bertz CT molecular complexity index is 176. The molecule has 1 aliphatic heterocycles. The molecule has 15 heavy (non-hydrogen) atoms. The lowest BCUT2D eigenvalue weighted by molar-refractivity contribution is 0.101. The van der Waals surface area contributed by atoms with Crippen LogP contribution in [-0.4, -0.2) is 50.8 Å². The van der Waals surface area contributed by atoms with Crippen LogP contribution >= 0.6 is 0 Å². The summed E-state index contributed by atoms with van der Waals surface area (Å²) in [6, 6.07) is 0.721. The molecule has 88 valence electrons. The number of rotatable bonds is 7. The topological polar surface area (TPSA) is 24.5 Å². The molecule has 1 atom stereocenters. The van der Waals surface area contributed by atoms with E-state index in [2.05, 4.69) is 17.3 Å². The van der Waals surface area contributed by atoms with Crippen molar-refractivity contribution in [1.82, 2.24) is 10.2 Å². The third-order valence-corrected chi connectivity index (χ3v) is 3.36. The molecule has 2 rings (SSSR count). The van der Waals surface area contributed by atoms with Crippen LogP contribution in [0, 0.1) is 5.92 Å². The van der Waals surface area contributed by atoms with Crippen LogP contribution in [-0.2, 0) is 4.74 Å². The van der Waals surface area contributed by atoms with E-state index in [1.54, 1.807) is 0 Å². The van der Waals surface area contributed by atoms with E-state index in [4.69, 9.17) is 4.74 Å². The molecule has 1 aliphatic carbocycles. The predicted molar refractivity (Wildman–Crippen MR) is 62.1 cm³/mol. The standard InChI is InChI=1S/C12H24N2O/c1-14(9-12-3-2-6-13-12)7-8-15-10-11-4-5-11/h11-13H,2-10H2,1H3. The minimum absolute atomic E-state index is 0.721. The van der Waals surface area contributed by atoms with Crippen LogP contribution in [0.1, 0.15) is 25.7 Å². The van der Waals surface area contributed by atoms with Gasteiger partial charge in [0.25, 0.3) is 0 Å². The van der Waals surface area contributed by atoms with Crippen LogP contribution in [0.3, 0.4) is 0 Å². The van der Waals surface area contributed by atoms with Crippen LogP contribution in [0.5, 0.6) is 0 Å². The monoisotopic (exact) mass is 212 g/mol. The van der Waals surface area contributed by atoms with Crippen molar-refractivity contribution < 1.29 is 4.74 Å². The van der Waals surface area contributed by atoms with Crippen molar-refractivity contribution in [3.8, 4) is 0 Å². The first-order valence-electron chi connectivity index (χ1n) is 6.34. The van der Waals surface area contributed by atoms with Crippen molar-refractivity contribution >= 4 is 0 Å². The quantitative estimate of drug-likeness (QED) is 0.640. The Morgan fingerprint density at radius 3 is 2.87 bits per heavy atom. The molecule has 1 heterocycles. The fourth-order valence-electron chi connectivity index (χ4n) is 2.13. The highest BCUT2D eigenvalue weighted by molar-refractivity contribution is 4.76. The molecular weight excluding hydrogens is 188 g/mol. The minimum Gasteiger partial charge on any atom is -0.380 e. The van der Waals surface area contributed by atoms with Gasteiger partial charge in [-0.25, -0.2) is 0 Å². The summed E-state index contributed by atoms with van der Waals surface area (Å²) >= 11 is 0. The summed E-state index contributed by atoms with van der Waals surface area (Å²) < 4.78 is 5.63. The molecule has 0 bridgehead atoms. The summed E-state index contributed by atoms with van der Waals surface area (Å²) in [5.74, 6) is 0.895. The van der Waals surface area contributed by atoms with E-state index in [0.29, 0.717) is 0 Å². The van der Waals surface area contributed by atoms with Crippen LogP contribution in [0.2, 0.25) is 0 Å². The van der Waals surface area contributed by atoms with Gasteiger partial charge in [-0.1, -0.05) is 0 Å². The van der Waals surface area contributed by atoms with Crippen molar-refractivity contribution in [3.63, 3.8) is 0 Å². The number of hydrogen-bond acceptors (Lipinski definition) is 3. The molecule has 0 aromatic heterocycles. The Kier molecular flexibility index (Phi) is 4.42. The van der Waals surface area contributed by atoms with Gasteiger partial charge < -0.3 is 15.0 Å². The maximum atomic E-state index is 5.63. The van der Waals surface area contributed by atoms with Crippen molar-refractivity contribution in [2.75, 3.05) is 39.9 Å². The zero-order valence-corrected chi connectivity index (χ0v) is 9.87. The van der Waals surface area contributed by atoms with E-state index in [-0.39, 0.29) is 0 Å². The van der Waals surface area contributed by atoms with Gasteiger partial charge in [0, 0.05) is 25.7 Å². The smallest absolute Gasteiger partial charge is 0.0593 e. The normalized spacial score (nSPS) is 26.4. The fraction of sp³-hybridized carbons (Fsp3) is 1.00. The minimum atomic E-state index is 0.721. The van der Waals surface area contributed by atoms with Gasteiger partial charge in [0.15, 0.2) is 0 Å². The highest BCUT2D eigenvalue weighted by atomic mass is 16.5. The van der Waals surface area contributed by atoms with E-state index in [1.165, 1.54) is 38.8 Å². The average molecular weight is 212 g/mol. The SMILES string of the molecule is CN(CCOCC1CC1)CC1CCCN1. The van der Waals surface area contributed by atoms with Gasteiger partial charge in [-0.15, -0.1) is 0 Å². The lowest BCUT2D eigenvalue weighted by Gasteiger charge is -2.20. The summed E-state index contributed by atoms with van der Waals surface area (Å²) in [5.41, 5.74) is 0. The summed E-state index contributed by atoms with van der Waals surface area (Å²) in [7, 11) is 2.19. The Hall–Kier alpha value is -0.120. The molecule has 0 amide bonds. The van der Waals surface area contributed by atoms with Gasteiger partial charge in [-0.05, 0) is 45.2 Å². The second-order valence-corrected chi connectivity index (χ2v) is 5.07. The van der Waals surface area contributed by atoms with E-state index in [1.807, 2.05) is 0 Å². The number of hydrogen-bond donors (Lipinski definition) is 1. The molecular formula is C12H24N2O. The van der Waals surface area contributed by atoms with Gasteiger partial charge in [0.1, 0.15) is 0 Å².